The number of phosphoric ester groups is 1. The van der Waals surface area contributed by atoms with Gasteiger partial charge in [0.05, 0.1) is 12.6 Å². The van der Waals surface area contributed by atoms with Gasteiger partial charge in [0.1, 0.15) is 18.2 Å². The van der Waals surface area contributed by atoms with Crippen molar-refractivity contribution in [3.63, 3.8) is 0 Å². The molecule has 40 heavy (non-hydrogen) atoms. The zero-order valence-electron chi connectivity index (χ0n) is 21.3. The van der Waals surface area contributed by atoms with Crippen LogP contribution < -0.4 is 10.6 Å². The molecule has 216 valence electrons. The van der Waals surface area contributed by atoms with Gasteiger partial charge in [-0.15, -0.1) is 0 Å². The summed E-state index contributed by atoms with van der Waals surface area (Å²) in [4.78, 5) is 48.1. The van der Waals surface area contributed by atoms with Crippen molar-refractivity contribution in [1.82, 2.24) is 15.2 Å². The van der Waals surface area contributed by atoms with E-state index in [9.17, 15) is 27.3 Å². The van der Waals surface area contributed by atoms with Crippen LogP contribution in [0.5, 0.6) is 0 Å². The first-order valence-corrected chi connectivity index (χ1v) is 13.6. The number of likely N-dealkylation sites (N-methyl/N-ethyl adjacent to an activating group) is 1. The largest absolute Gasteiger partial charge is 0.469 e. The molecule has 1 atom stereocenters. The third-order valence-electron chi connectivity index (χ3n) is 5.84. The van der Waals surface area contributed by atoms with E-state index in [1.807, 2.05) is 0 Å². The van der Waals surface area contributed by atoms with Gasteiger partial charge < -0.3 is 24.7 Å². The van der Waals surface area contributed by atoms with E-state index < -0.39 is 43.4 Å². The number of anilines is 1. The Balaban J connectivity index is 1.60. The predicted molar refractivity (Wildman–Crippen MR) is 139 cm³/mol. The maximum Gasteiger partial charge on any atom is 0.469 e. The number of unbranched alkanes of at least 4 members (excludes halogenated alkanes) is 1. The van der Waals surface area contributed by atoms with Gasteiger partial charge in [0.2, 0.25) is 0 Å². The number of rotatable bonds is 12. The third-order valence-corrected chi connectivity index (χ3v) is 6.36. The van der Waals surface area contributed by atoms with Crippen molar-refractivity contribution in [3.8, 4) is 0 Å². The quantitative estimate of drug-likeness (QED) is 0.177. The Hall–Kier alpha value is -3.71. The number of hydrogen-bond acceptors (Lipinski definition) is 6. The molecular formula is C25H28F3N4O7P. The maximum absolute atomic E-state index is 13.9. The molecule has 15 heteroatoms. The minimum atomic E-state index is -4.62. The van der Waals surface area contributed by atoms with Crippen LogP contribution in [0.2, 0.25) is 0 Å². The highest BCUT2D eigenvalue weighted by atomic mass is 31.2. The summed E-state index contributed by atoms with van der Waals surface area (Å²) in [6, 6.07) is 7.77. The second-order valence-corrected chi connectivity index (χ2v) is 9.98. The van der Waals surface area contributed by atoms with Crippen LogP contribution in [0.4, 0.5) is 28.6 Å². The second-order valence-electron chi connectivity index (χ2n) is 8.74. The van der Waals surface area contributed by atoms with Gasteiger partial charge in [-0.2, -0.15) is 0 Å². The number of carbonyl (C=O) groups excluding carboxylic acids is 2. The molecule has 0 saturated carbocycles. The average Bonchev–Trinajstić information content (AvgIpc) is 2.89. The van der Waals surface area contributed by atoms with Crippen LogP contribution in [0.15, 0.2) is 48.7 Å². The van der Waals surface area contributed by atoms with E-state index in [1.54, 1.807) is 6.07 Å². The van der Waals surface area contributed by atoms with Crippen molar-refractivity contribution >= 4 is 36.5 Å². The van der Waals surface area contributed by atoms with Crippen LogP contribution in [0.3, 0.4) is 0 Å². The third kappa shape index (κ3) is 9.49. The Morgan fingerprint density at radius 3 is 2.62 bits per heavy atom. The molecule has 3 rings (SSSR count). The van der Waals surface area contributed by atoms with Gasteiger partial charge in [0.25, 0.3) is 0 Å². The summed E-state index contributed by atoms with van der Waals surface area (Å²) >= 11 is 0. The van der Waals surface area contributed by atoms with Crippen LogP contribution >= 0.6 is 7.82 Å². The van der Waals surface area contributed by atoms with Gasteiger partial charge in [-0.05, 0) is 55.0 Å². The molecule has 0 aliphatic rings. The summed E-state index contributed by atoms with van der Waals surface area (Å²) in [6.07, 6.45) is 1.36. The number of hydrogen-bond donors (Lipinski definition) is 4. The molecule has 0 radical (unpaired) electrons. The number of fused-ring (bicyclic) bond motifs is 1. The van der Waals surface area contributed by atoms with Gasteiger partial charge in [-0.25, -0.2) is 32.3 Å². The van der Waals surface area contributed by atoms with Crippen LogP contribution in [0, 0.1) is 17.5 Å². The highest BCUT2D eigenvalue weighted by Crippen LogP contribution is 2.35. The first kappa shape index (κ1) is 30.8. The first-order chi connectivity index (χ1) is 18.9. The minimum Gasteiger partial charge on any atom is -0.447 e. The molecule has 0 fully saturated rings. The Bertz CT molecular complexity index is 1390. The molecule has 4 N–H and O–H groups in total. The number of carbonyl (C=O) groups is 2. The number of ether oxygens (including phenoxy) is 1. The van der Waals surface area contributed by atoms with Crippen molar-refractivity contribution < 1.29 is 46.4 Å². The van der Waals surface area contributed by atoms with E-state index in [2.05, 4.69) is 20.1 Å². The van der Waals surface area contributed by atoms with Crippen molar-refractivity contribution in [1.29, 1.82) is 0 Å². The fraction of sp³-hybridized carbons (Fsp3) is 0.320. The first-order valence-electron chi connectivity index (χ1n) is 12.1. The molecule has 3 amide bonds. The fourth-order valence-electron chi connectivity index (χ4n) is 3.69. The lowest BCUT2D eigenvalue weighted by Crippen LogP contribution is -2.46. The lowest BCUT2D eigenvalue weighted by molar-refractivity contribution is 0.111. The average molecular weight is 584 g/mol. The number of aromatic nitrogens is 1. The number of phosphoric acid groups is 1. The van der Waals surface area contributed by atoms with Gasteiger partial charge in [0.15, 0.2) is 11.6 Å². The van der Waals surface area contributed by atoms with Crippen LogP contribution in [-0.4, -0.2) is 58.1 Å². The second kappa shape index (κ2) is 14.1. The monoisotopic (exact) mass is 584 g/mol. The van der Waals surface area contributed by atoms with Crippen molar-refractivity contribution in [3.05, 3.63) is 71.7 Å². The lowest BCUT2D eigenvalue weighted by Gasteiger charge is -2.28. The van der Waals surface area contributed by atoms with E-state index in [0.717, 1.165) is 6.07 Å². The summed E-state index contributed by atoms with van der Waals surface area (Å²) in [7, 11) is -3.21. The Morgan fingerprint density at radius 2 is 1.88 bits per heavy atom. The Kier molecular flexibility index (Phi) is 10.8. The predicted octanol–water partition coefficient (Wildman–Crippen LogP) is 4.69. The van der Waals surface area contributed by atoms with Gasteiger partial charge in [0, 0.05) is 30.7 Å². The number of nitrogens with one attached hydrogen (secondary N) is 2. The summed E-state index contributed by atoms with van der Waals surface area (Å²) in [6.45, 7) is -0.821. The smallest absolute Gasteiger partial charge is 0.447 e. The highest BCUT2D eigenvalue weighted by Gasteiger charge is 2.23. The SMILES string of the molecule is CN(C(=O)NCc1cccc(F)c1F)[C@@H](CCCCOP(=O)(O)O)COC(=O)Nc1cc2cc(F)ccc2cn1. The van der Waals surface area contributed by atoms with Crippen molar-refractivity contribution in [2.75, 3.05) is 25.6 Å². The molecule has 1 heterocycles. The van der Waals surface area contributed by atoms with E-state index in [4.69, 9.17) is 14.5 Å². The number of amides is 3. The summed E-state index contributed by atoms with van der Waals surface area (Å²) in [5.74, 6) is -2.49. The molecule has 0 unspecified atom stereocenters. The molecule has 11 nitrogen and oxygen atoms in total. The van der Waals surface area contributed by atoms with Gasteiger partial charge >= 0.3 is 19.9 Å². The maximum atomic E-state index is 13.9. The molecule has 0 aliphatic carbocycles. The molecule has 3 aromatic rings. The zero-order chi connectivity index (χ0) is 29.3. The van der Waals surface area contributed by atoms with Crippen molar-refractivity contribution in [2.45, 2.75) is 31.8 Å². The molecule has 1 aromatic heterocycles. The standard InChI is InChI=1S/C25H28F3N4O7P/c1-32(24(33)30-14-17-5-4-7-21(27)23(17)28)20(6-2-3-10-39-40(35,36)37)15-38-25(34)31-22-12-18-11-19(26)9-8-16(18)13-29-22/h4-5,7-9,11-13,20H,2-3,6,10,14-15H2,1H3,(H,30,33)(H,29,31,34)(H2,35,36,37)/t20-/m0/s1. The zero-order valence-corrected chi connectivity index (χ0v) is 22.2. The molecule has 0 bridgehead atoms. The number of halogens is 3. The Labute approximate surface area is 227 Å². The summed E-state index contributed by atoms with van der Waals surface area (Å²) in [5, 5.41) is 6.07. The molecule has 0 spiro atoms. The van der Waals surface area contributed by atoms with Crippen LogP contribution in [-0.2, 0) is 20.4 Å². The highest BCUT2D eigenvalue weighted by molar-refractivity contribution is 7.46. The van der Waals surface area contributed by atoms with E-state index in [1.165, 1.54) is 48.5 Å². The fourth-order valence-corrected chi connectivity index (χ4v) is 4.06. The lowest BCUT2D eigenvalue weighted by atomic mass is 10.1. The van der Waals surface area contributed by atoms with E-state index in [0.29, 0.717) is 17.2 Å². The molecule has 2 aromatic carbocycles. The minimum absolute atomic E-state index is 0.0636. The van der Waals surface area contributed by atoms with Gasteiger partial charge in [-0.3, -0.25) is 9.84 Å². The van der Waals surface area contributed by atoms with Crippen molar-refractivity contribution in [2.24, 2.45) is 0 Å². The Morgan fingerprint density at radius 1 is 1.10 bits per heavy atom. The number of pyridine rings is 1. The van der Waals surface area contributed by atoms with Crippen LogP contribution in [0.25, 0.3) is 10.8 Å². The van der Waals surface area contributed by atoms with E-state index >= 15 is 0 Å². The normalized spacial score (nSPS) is 12.2. The van der Waals surface area contributed by atoms with E-state index in [-0.39, 0.29) is 44.0 Å². The molecule has 0 aliphatic heterocycles. The number of nitrogens with zero attached hydrogens (tertiary/aromatic N) is 2. The molecule has 0 saturated heterocycles. The number of benzene rings is 2. The summed E-state index contributed by atoms with van der Waals surface area (Å²) < 4.78 is 61.5. The molecular weight excluding hydrogens is 556 g/mol. The van der Waals surface area contributed by atoms with Crippen LogP contribution in [0.1, 0.15) is 24.8 Å². The van der Waals surface area contributed by atoms with Gasteiger partial charge in [-0.1, -0.05) is 12.1 Å². The summed E-state index contributed by atoms with van der Waals surface area (Å²) in [5.41, 5.74) is -0.0636. The topological polar surface area (TPSA) is 150 Å². The number of urea groups is 1.